The van der Waals surface area contributed by atoms with Crippen LogP contribution in [-0.4, -0.2) is 4.69 Å². The number of rotatable bonds is 1. The van der Waals surface area contributed by atoms with Crippen LogP contribution in [0.5, 0.6) is 0 Å². The van der Waals surface area contributed by atoms with E-state index in [1.54, 1.807) is 0 Å². The van der Waals surface area contributed by atoms with Gasteiger partial charge in [-0.2, -0.15) is 0 Å². The largest absolute Gasteiger partial charge is 0.395 e. The topological polar surface area (TPSA) is 43.1 Å². The van der Waals surface area contributed by atoms with Gasteiger partial charge in [0.25, 0.3) is 0 Å². The van der Waals surface area contributed by atoms with Crippen LogP contribution >= 0.6 is 7.51 Å². The van der Waals surface area contributed by atoms with Crippen LogP contribution in [0.25, 0.3) is 0 Å². The summed E-state index contributed by atoms with van der Waals surface area (Å²) in [6, 6.07) is 0. The standard InChI is InChI=1S/NO2PS/c2-1(3)4-5. The highest BCUT2D eigenvalue weighted by atomic mass is 32.4. The molecule has 0 aromatic carbocycles. The SMILES string of the molecule is O=[N+]([O-])P=S. The molecule has 28 valence electrons. The van der Waals surface area contributed by atoms with E-state index in [4.69, 9.17) is 10.1 Å². The molecule has 0 fully saturated rings. The number of hydrogen-bond donors (Lipinski definition) is 0. The van der Waals surface area contributed by atoms with Crippen LogP contribution in [0.1, 0.15) is 0 Å². The molecule has 0 aliphatic heterocycles. The second-order valence-corrected chi connectivity index (χ2v) is 1.30. The predicted octanol–water partition coefficient (Wildman–Crippen LogP) is 0.586. The van der Waals surface area contributed by atoms with Crippen molar-refractivity contribution in [3.8, 4) is 0 Å². The molecule has 0 aliphatic rings. The third-order valence-corrected chi connectivity index (χ3v) is 0.600. The second kappa shape index (κ2) is 2.18. The summed E-state index contributed by atoms with van der Waals surface area (Å²) in [6.07, 6.45) is 0. The molecule has 5 heteroatoms. The highest BCUT2D eigenvalue weighted by Crippen LogP contribution is 1.86. The monoisotopic (exact) mass is 109 g/mol. The Morgan fingerprint density at radius 1 is 2.00 bits per heavy atom. The lowest BCUT2D eigenvalue weighted by atomic mass is 13.4. The first-order chi connectivity index (χ1) is 2.27. The number of nitro groups is 1. The van der Waals surface area contributed by atoms with E-state index in [1.165, 1.54) is 0 Å². The molecular formula is NO2PS. The molecule has 0 atom stereocenters. The zero-order valence-electron chi connectivity index (χ0n) is 2.12. The van der Waals surface area contributed by atoms with Crippen LogP contribution in [0.3, 0.4) is 0 Å². The molecule has 0 radical (unpaired) electrons. The minimum absolute atomic E-state index is 0.198. The molecule has 0 aromatic heterocycles. The molecular weight excluding hydrogens is 109 g/mol. The summed E-state index contributed by atoms with van der Waals surface area (Å²) in [7, 11) is -0.198. The van der Waals surface area contributed by atoms with Gasteiger partial charge in [0.05, 0.1) is 4.69 Å². The lowest BCUT2D eigenvalue weighted by Crippen LogP contribution is -1.67. The maximum atomic E-state index is 9.06. The molecule has 0 aliphatic carbocycles. The van der Waals surface area contributed by atoms with Gasteiger partial charge in [-0.3, -0.25) is 10.1 Å². The van der Waals surface area contributed by atoms with E-state index in [2.05, 4.69) is 11.8 Å². The first-order valence-corrected chi connectivity index (χ1v) is 2.61. The van der Waals surface area contributed by atoms with E-state index in [9.17, 15) is 0 Å². The minimum Gasteiger partial charge on any atom is -0.256 e. The zero-order chi connectivity index (χ0) is 4.28. The third-order valence-electron chi connectivity index (χ3n) is 0.0667. The molecule has 5 heavy (non-hydrogen) atoms. The van der Waals surface area contributed by atoms with Gasteiger partial charge in [-0.1, -0.05) is 0 Å². The van der Waals surface area contributed by atoms with Crippen LogP contribution in [-0.2, 0) is 11.8 Å². The van der Waals surface area contributed by atoms with E-state index in [-0.39, 0.29) is 7.51 Å². The quantitative estimate of drug-likeness (QED) is 0.281. The Balaban J connectivity index is 3.20. The Morgan fingerprint density at radius 2 is 2.20 bits per heavy atom. The van der Waals surface area contributed by atoms with Gasteiger partial charge in [0.2, 0.25) is 0 Å². The maximum Gasteiger partial charge on any atom is 0.395 e. The summed E-state index contributed by atoms with van der Waals surface area (Å²) in [5.41, 5.74) is 0. The van der Waals surface area contributed by atoms with E-state index in [0.717, 1.165) is 0 Å². The molecule has 0 spiro atoms. The summed E-state index contributed by atoms with van der Waals surface area (Å²) in [5, 5.41) is 9.06. The fourth-order valence-electron chi connectivity index (χ4n) is 0. The molecule has 0 heterocycles. The van der Waals surface area contributed by atoms with Gasteiger partial charge in [-0.25, -0.2) is 0 Å². The molecule has 0 amide bonds. The zero-order valence-corrected chi connectivity index (χ0v) is 3.83. The Bertz CT molecular complexity index is 60.7. The van der Waals surface area contributed by atoms with Crippen molar-refractivity contribution in [2.45, 2.75) is 0 Å². The fraction of sp³-hybridized carbons (Fsp3) is 0. The van der Waals surface area contributed by atoms with Gasteiger partial charge in [-0.15, -0.1) is 0 Å². The van der Waals surface area contributed by atoms with Crippen molar-refractivity contribution >= 4 is 19.3 Å². The van der Waals surface area contributed by atoms with Crippen LogP contribution < -0.4 is 0 Å². The Labute approximate surface area is 35.0 Å². The van der Waals surface area contributed by atoms with Crippen LogP contribution in [0, 0.1) is 10.1 Å². The lowest BCUT2D eigenvalue weighted by molar-refractivity contribution is -0.290. The van der Waals surface area contributed by atoms with Crippen molar-refractivity contribution in [3.05, 3.63) is 10.1 Å². The average molecular weight is 109 g/mol. The fourth-order valence-corrected chi connectivity index (χ4v) is 0. The highest BCUT2D eigenvalue weighted by Gasteiger charge is 1.76. The maximum absolute atomic E-state index is 9.06. The van der Waals surface area contributed by atoms with E-state index in [0.29, 0.717) is 0 Å². The Morgan fingerprint density at radius 3 is 2.20 bits per heavy atom. The summed E-state index contributed by atoms with van der Waals surface area (Å²) >= 11 is 3.95. The molecule has 0 N–H and O–H groups in total. The summed E-state index contributed by atoms with van der Waals surface area (Å²) < 4.78 is -0.588. The van der Waals surface area contributed by atoms with Crippen molar-refractivity contribution in [2.24, 2.45) is 0 Å². The summed E-state index contributed by atoms with van der Waals surface area (Å²) in [4.78, 5) is 9.06. The van der Waals surface area contributed by atoms with Gasteiger partial charge in [0, 0.05) is 11.8 Å². The van der Waals surface area contributed by atoms with Crippen molar-refractivity contribution in [1.29, 1.82) is 0 Å². The van der Waals surface area contributed by atoms with Crippen molar-refractivity contribution < 1.29 is 4.69 Å². The van der Waals surface area contributed by atoms with Crippen LogP contribution in [0.2, 0.25) is 0 Å². The van der Waals surface area contributed by atoms with Gasteiger partial charge in [-0.05, 0) is 0 Å². The average Bonchev–Trinajstić information content (AvgIpc) is 1.38. The first-order valence-electron chi connectivity index (χ1n) is 0.748. The smallest absolute Gasteiger partial charge is 0.256 e. The third kappa shape index (κ3) is 3.92. The van der Waals surface area contributed by atoms with Crippen LogP contribution in [0.15, 0.2) is 0 Å². The Kier molecular flexibility index (Phi) is 2.14. The van der Waals surface area contributed by atoms with Crippen LogP contribution in [0.4, 0.5) is 0 Å². The van der Waals surface area contributed by atoms with E-state index < -0.39 is 4.69 Å². The van der Waals surface area contributed by atoms with Crippen molar-refractivity contribution in [2.75, 3.05) is 0 Å². The molecule has 0 bridgehead atoms. The normalized spacial score (nSPS) is 8.00. The van der Waals surface area contributed by atoms with Crippen molar-refractivity contribution in [3.63, 3.8) is 0 Å². The number of hydrogen-bond acceptors (Lipinski definition) is 3. The van der Waals surface area contributed by atoms with Gasteiger partial charge < -0.3 is 0 Å². The minimum atomic E-state index is -0.588. The van der Waals surface area contributed by atoms with Gasteiger partial charge >= 0.3 is 7.51 Å². The molecule has 0 unspecified atom stereocenters. The number of nitrogens with zero attached hydrogens (tertiary/aromatic N) is 1. The molecule has 0 saturated heterocycles. The predicted molar refractivity (Wildman–Crippen MR) is 21.3 cm³/mol. The summed E-state index contributed by atoms with van der Waals surface area (Å²) in [5.74, 6) is 0. The highest BCUT2D eigenvalue weighted by molar-refractivity contribution is 7.93. The Hall–Kier alpha value is -0.0800. The molecule has 3 nitrogen and oxygen atoms in total. The van der Waals surface area contributed by atoms with E-state index in [1.807, 2.05) is 0 Å². The van der Waals surface area contributed by atoms with E-state index >= 15 is 0 Å². The lowest BCUT2D eigenvalue weighted by Gasteiger charge is -1.61. The first kappa shape index (κ1) is 4.92. The molecule has 0 rings (SSSR count). The molecule has 0 aromatic rings. The molecule has 0 saturated carbocycles. The van der Waals surface area contributed by atoms with Gasteiger partial charge in [0.1, 0.15) is 0 Å². The second-order valence-electron chi connectivity index (χ2n) is 0.319. The van der Waals surface area contributed by atoms with Crippen molar-refractivity contribution in [1.82, 2.24) is 0 Å². The van der Waals surface area contributed by atoms with Gasteiger partial charge in [0.15, 0.2) is 0 Å². The summed E-state index contributed by atoms with van der Waals surface area (Å²) in [6.45, 7) is 0.